The Balaban J connectivity index is 1.79. The van der Waals surface area contributed by atoms with Gasteiger partial charge in [-0.15, -0.1) is 0 Å². The molecule has 0 spiro atoms. The highest BCUT2D eigenvalue weighted by molar-refractivity contribution is 5.30. The molecule has 0 aliphatic heterocycles. The number of nitrogens with zero attached hydrogens (tertiary/aromatic N) is 3. The van der Waals surface area contributed by atoms with Crippen LogP contribution in [0.1, 0.15) is 61.5 Å². The van der Waals surface area contributed by atoms with Crippen LogP contribution in [-0.4, -0.2) is 21.8 Å². The van der Waals surface area contributed by atoms with Crippen molar-refractivity contribution in [3.8, 4) is 0 Å². The molecule has 1 atom stereocenters. The number of rotatable bonds is 4. The van der Waals surface area contributed by atoms with Crippen molar-refractivity contribution in [2.45, 2.75) is 51.6 Å². The molecule has 0 bridgehead atoms. The lowest BCUT2D eigenvalue weighted by molar-refractivity contribution is 0.364. The third-order valence-electron chi connectivity index (χ3n) is 3.98. The normalized spacial score (nSPS) is 18.5. The number of aryl methyl sites for hydroxylation is 1. The van der Waals surface area contributed by atoms with Crippen molar-refractivity contribution < 1.29 is 4.52 Å². The minimum absolute atomic E-state index is 0.305. The number of hydrogen-bond acceptors (Lipinski definition) is 4. The van der Waals surface area contributed by atoms with Crippen molar-refractivity contribution in [2.75, 3.05) is 7.05 Å². The summed E-state index contributed by atoms with van der Waals surface area (Å²) in [6.45, 7) is 4.80. The highest BCUT2D eigenvalue weighted by Gasteiger charge is 2.21. The summed E-state index contributed by atoms with van der Waals surface area (Å²) in [6.07, 6.45) is 8.07. The van der Waals surface area contributed by atoms with Crippen LogP contribution in [0.2, 0.25) is 0 Å². The average Bonchev–Trinajstić information content (AvgIpc) is 3.04. The van der Waals surface area contributed by atoms with Crippen molar-refractivity contribution in [1.29, 1.82) is 0 Å². The fraction of sp³-hybridized carbons (Fsp3) is 0.600. The Morgan fingerprint density at radius 2 is 2.30 bits per heavy atom. The van der Waals surface area contributed by atoms with Crippen molar-refractivity contribution >= 4 is 0 Å². The van der Waals surface area contributed by atoms with Gasteiger partial charge in [0.2, 0.25) is 5.89 Å². The lowest BCUT2D eigenvalue weighted by atomic mass is 9.91. The summed E-state index contributed by atoms with van der Waals surface area (Å²) in [5.74, 6) is 1.77. The molecule has 1 unspecified atom stereocenters. The first kappa shape index (κ1) is 13.4. The van der Waals surface area contributed by atoms with Crippen molar-refractivity contribution in [3.63, 3.8) is 0 Å². The average molecular weight is 274 g/mol. The number of aromatic nitrogens is 3. The van der Waals surface area contributed by atoms with Crippen molar-refractivity contribution in [3.05, 3.63) is 35.2 Å². The van der Waals surface area contributed by atoms with Gasteiger partial charge in [0, 0.05) is 24.4 Å². The summed E-state index contributed by atoms with van der Waals surface area (Å²) >= 11 is 0. The molecule has 0 aromatic carbocycles. The van der Waals surface area contributed by atoms with Crippen molar-refractivity contribution in [2.24, 2.45) is 0 Å². The summed E-state index contributed by atoms with van der Waals surface area (Å²) in [5.41, 5.74) is 2.86. The van der Waals surface area contributed by atoms with Crippen molar-refractivity contribution in [1.82, 2.24) is 20.0 Å². The maximum Gasteiger partial charge on any atom is 0.246 e. The van der Waals surface area contributed by atoms with E-state index in [4.69, 9.17) is 4.52 Å². The molecule has 0 saturated heterocycles. The molecular formula is C15H22N4O. The van der Waals surface area contributed by atoms with E-state index >= 15 is 0 Å². The summed E-state index contributed by atoms with van der Waals surface area (Å²) in [5, 5.41) is 7.40. The first-order chi connectivity index (χ1) is 9.67. The molecular weight excluding hydrogens is 252 g/mol. The van der Waals surface area contributed by atoms with Crippen LogP contribution in [0.15, 0.2) is 16.9 Å². The molecule has 5 heteroatoms. The summed E-state index contributed by atoms with van der Waals surface area (Å²) in [6, 6.07) is 0.480. The second-order valence-electron chi connectivity index (χ2n) is 5.85. The van der Waals surface area contributed by atoms with E-state index in [-0.39, 0.29) is 0 Å². The molecule has 0 amide bonds. The second-order valence-corrected chi connectivity index (χ2v) is 5.85. The van der Waals surface area contributed by atoms with Crippen LogP contribution >= 0.6 is 0 Å². The molecule has 5 nitrogen and oxygen atoms in total. The smallest absolute Gasteiger partial charge is 0.246 e. The van der Waals surface area contributed by atoms with Gasteiger partial charge in [-0.05, 0) is 37.4 Å². The second kappa shape index (κ2) is 5.40. The van der Waals surface area contributed by atoms with Crippen LogP contribution in [0.3, 0.4) is 0 Å². The molecule has 2 heterocycles. The van der Waals surface area contributed by atoms with E-state index in [1.165, 1.54) is 30.4 Å². The van der Waals surface area contributed by atoms with Gasteiger partial charge in [-0.1, -0.05) is 19.0 Å². The number of hydrogen-bond donors (Lipinski definition) is 1. The fourth-order valence-electron chi connectivity index (χ4n) is 2.86. The molecule has 0 fully saturated rings. The van der Waals surface area contributed by atoms with Gasteiger partial charge >= 0.3 is 0 Å². The molecule has 1 aliphatic carbocycles. The van der Waals surface area contributed by atoms with Gasteiger partial charge in [0.05, 0.1) is 0 Å². The molecule has 2 aromatic rings. The molecule has 2 aromatic heterocycles. The largest absolute Gasteiger partial charge is 0.344 e. The number of fused-ring (bicyclic) bond motifs is 1. The summed E-state index contributed by atoms with van der Waals surface area (Å²) in [4.78, 5) is 4.44. The van der Waals surface area contributed by atoms with Gasteiger partial charge in [-0.2, -0.15) is 4.98 Å². The van der Waals surface area contributed by atoms with Gasteiger partial charge in [0.1, 0.15) is 6.54 Å². The monoisotopic (exact) mass is 274 g/mol. The van der Waals surface area contributed by atoms with E-state index in [0.717, 1.165) is 5.82 Å². The Bertz CT molecular complexity index is 584. The minimum atomic E-state index is 0.305. The standard InChI is InChI=1S/C15H22N4O/c1-10(2)15-17-14(20-18-15)9-19-7-11-5-4-6-13(16-3)12(11)8-19/h7-8,10,13,16H,4-6,9H2,1-3H3. The Kier molecular flexibility index (Phi) is 3.61. The lowest BCUT2D eigenvalue weighted by Crippen LogP contribution is -2.20. The predicted octanol–water partition coefficient (Wildman–Crippen LogP) is 2.64. The van der Waals surface area contributed by atoms with Crippen LogP contribution in [0, 0.1) is 0 Å². The molecule has 0 saturated carbocycles. The fourth-order valence-corrected chi connectivity index (χ4v) is 2.86. The van der Waals surface area contributed by atoms with E-state index in [2.05, 4.69) is 46.3 Å². The Hall–Kier alpha value is -1.62. The molecule has 20 heavy (non-hydrogen) atoms. The first-order valence-electron chi connectivity index (χ1n) is 7.35. The number of nitrogens with one attached hydrogen (secondary N) is 1. The summed E-state index contributed by atoms with van der Waals surface area (Å²) in [7, 11) is 2.03. The molecule has 108 valence electrons. The van der Waals surface area contributed by atoms with E-state index in [1.54, 1.807) is 0 Å². The third kappa shape index (κ3) is 2.50. The Morgan fingerprint density at radius 1 is 1.45 bits per heavy atom. The quantitative estimate of drug-likeness (QED) is 0.931. The van der Waals surface area contributed by atoms with Gasteiger partial charge < -0.3 is 14.4 Å². The molecule has 1 N–H and O–H groups in total. The zero-order valence-corrected chi connectivity index (χ0v) is 12.4. The zero-order chi connectivity index (χ0) is 14.1. The topological polar surface area (TPSA) is 55.9 Å². The maximum atomic E-state index is 5.32. The minimum Gasteiger partial charge on any atom is -0.344 e. The van der Waals surface area contributed by atoms with Crippen LogP contribution in [0.5, 0.6) is 0 Å². The van der Waals surface area contributed by atoms with Gasteiger partial charge in [0.25, 0.3) is 0 Å². The zero-order valence-electron chi connectivity index (χ0n) is 12.4. The lowest BCUT2D eigenvalue weighted by Gasteiger charge is -2.21. The van der Waals surface area contributed by atoms with E-state index in [0.29, 0.717) is 24.4 Å². The van der Waals surface area contributed by atoms with E-state index in [1.807, 2.05) is 7.05 Å². The van der Waals surface area contributed by atoms with Gasteiger partial charge in [-0.25, -0.2) is 0 Å². The van der Waals surface area contributed by atoms with Crippen LogP contribution in [0.4, 0.5) is 0 Å². The predicted molar refractivity (Wildman–Crippen MR) is 76.7 cm³/mol. The molecule has 3 rings (SSSR count). The summed E-state index contributed by atoms with van der Waals surface area (Å²) < 4.78 is 7.48. The van der Waals surface area contributed by atoms with E-state index in [9.17, 15) is 0 Å². The van der Waals surface area contributed by atoms with E-state index < -0.39 is 0 Å². The highest BCUT2D eigenvalue weighted by Crippen LogP contribution is 2.30. The molecule has 1 aliphatic rings. The Labute approximate surface area is 119 Å². The molecule has 0 radical (unpaired) electrons. The van der Waals surface area contributed by atoms with Crippen LogP contribution in [0.25, 0.3) is 0 Å². The van der Waals surface area contributed by atoms with Crippen LogP contribution < -0.4 is 5.32 Å². The van der Waals surface area contributed by atoms with Gasteiger partial charge in [0.15, 0.2) is 5.82 Å². The maximum absolute atomic E-state index is 5.32. The highest BCUT2D eigenvalue weighted by atomic mass is 16.5. The first-order valence-corrected chi connectivity index (χ1v) is 7.35. The Morgan fingerprint density at radius 3 is 3.00 bits per heavy atom. The van der Waals surface area contributed by atoms with Crippen LogP contribution in [-0.2, 0) is 13.0 Å². The SMILES string of the molecule is CNC1CCCc2cn(Cc3nc(C(C)C)no3)cc21. The third-order valence-corrected chi connectivity index (χ3v) is 3.98. The van der Waals surface area contributed by atoms with Gasteiger partial charge in [-0.3, -0.25) is 0 Å².